The van der Waals surface area contributed by atoms with Crippen LogP contribution in [0.25, 0.3) is 11.3 Å². The predicted molar refractivity (Wildman–Crippen MR) is 126 cm³/mol. The van der Waals surface area contributed by atoms with Gasteiger partial charge in [-0.05, 0) is 49.7 Å². The molecule has 8 nitrogen and oxygen atoms in total. The number of amides is 1. The second-order valence-corrected chi connectivity index (χ2v) is 7.90. The molecule has 2 aromatic carbocycles. The standard InChI is InChI=1S/C25H27FN4O4/c1-5-29(6-2)22(31)14-23(32)30-24-18-13-21(34-4)20(33-3)11-15(18)10-19(24)25(28-30)27-17-9-7-8-16(26)12-17/h7-9,11-13H,5-6,10,14H2,1-4H3,(H,27,28). The summed E-state index contributed by atoms with van der Waals surface area (Å²) in [5.74, 6) is 0.437. The molecule has 0 radical (unpaired) electrons. The fourth-order valence-corrected chi connectivity index (χ4v) is 4.25. The zero-order valence-corrected chi connectivity index (χ0v) is 19.6. The zero-order chi connectivity index (χ0) is 24.4. The highest BCUT2D eigenvalue weighted by molar-refractivity contribution is 6.00. The van der Waals surface area contributed by atoms with Crippen LogP contribution < -0.4 is 14.8 Å². The van der Waals surface area contributed by atoms with E-state index in [1.807, 2.05) is 26.0 Å². The fourth-order valence-electron chi connectivity index (χ4n) is 4.25. The minimum atomic E-state index is -0.442. The molecule has 4 rings (SSSR count). The number of ether oxygens (including phenoxy) is 2. The van der Waals surface area contributed by atoms with Gasteiger partial charge in [-0.25, -0.2) is 4.39 Å². The Hall–Kier alpha value is -3.88. The molecule has 1 aromatic heterocycles. The number of rotatable bonds is 8. The molecular weight excluding hydrogens is 439 g/mol. The van der Waals surface area contributed by atoms with Gasteiger partial charge in [-0.15, -0.1) is 5.10 Å². The first-order chi connectivity index (χ1) is 16.4. The minimum Gasteiger partial charge on any atom is -0.493 e. The van der Waals surface area contributed by atoms with Crippen molar-refractivity contribution in [3.8, 4) is 22.8 Å². The quantitative estimate of drug-likeness (QED) is 0.391. The molecule has 34 heavy (non-hydrogen) atoms. The highest BCUT2D eigenvalue weighted by Gasteiger charge is 2.32. The van der Waals surface area contributed by atoms with Crippen LogP contribution in [-0.2, 0) is 11.2 Å². The number of nitrogens with one attached hydrogen (secondary N) is 1. The number of carbonyl (C=O) groups is 2. The molecule has 0 spiro atoms. The first-order valence-corrected chi connectivity index (χ1v) is 11.1. The van der Waals surface area contributed by atoms with Crippen molar-refractivity contribution in [3.05, 3.63) is 53.3 Å². The number of anilines is 2. The third-order valence-electron chi connectivity index (χ3n) is 5.96. The summed E-state index contributed by atoms with van der Waals surface area (Å²) in [6.45, 7) is 4.78. The number of carbonyl (C=O) groups excluding carboxylic acids is 2. The number of aromatic nitrogens is 2. The second kappa shape index (κ2) is 9.54. The average Bonchev–Trinajstić information content (AvgIpc) is 3.36. The van der Waals surface area contributed by atoms with Crippen molar-refractivity contribution in [2.75, 3.05) is 32.6 Å². The zero-order valence-electron chi connectivity index (χ0n) is 19.6. The maximum atomic E-state index is 13.8. The number of methoxy groups -OCH3 is 2. The van der Waals surface area contributed by atoms with Crippen molar-refractivity contribution in [1.82, 2.24) is 14.7 Å². The Morgan fingerprint density at radius 3 is 2.47 bits per heavy atom. The molecule has 0 saturated carbocycles. The highest BCUT2D eigenvalue weighted by atomic mass is 19.1. The van der Waals surface area contributed by atoms with E-state index >= 15 is 0 Å². The predicted octanol–water partition coefficient (Wildman–Crippen LogP) is 4.25. The van der Waals surface area contributed by atoms with Crippen molar-refractivity contribution in [1.29, 1.82) is 0 Å². The summed E-state index contributed by atoms with van der Waals surface area (Å²) in [5.41, 5.74) is 3.58. The van der Waals surface area contributed by atoms with Gasteiger partial charge in [0.2, 0.25) is 5.91 Å². The van der Waals surface area contributed by atoms with Crippen LogP contribution in [0.1, 0.15) is 36.2 Å². The third-order valence-corrected chi connectivity index (χ3v) is 5.96. The van der Waals surface area contributed by atoms with Gasteiger partial charge in [0.1, 0.15) is 12.2 Å². The lowest BCUT2D eigenvalue weighted by atomic mass is 10.1. The van der Waals surface area contributed by atoms with Gasteiger partial charge in [0.05, 0.1) is 19.9 Å². The molecule has 178 valence electrons. The molecule has 0 atom stereocenters. The van der Waals surface area contributed by atoms with E-state index in [0.29, 0.717) is 48.2 Å². The molecule has 1 aliphatic rings. The van der Waals surface area contributed by atoms with Crippen LogP contribution in [0.5, 0.6) is 11.5 Å². The van der Waals surface area contributed by atoms with Gasteiger partial charge in [0, 0.05) is 36.3 Å². The summed E-state index contributed by atoms with van der Waals surface area (Å²) in [6.07, 6.45) is 0.178. The second-order valence-electron chi connectivity index (χ2n) is 7.90. The smallest absolute Gasteiger partial charge is 0.256 e. The first-order valence-electron chi connectivity index (χ1n) is 11.1. The minimum absolute atomic E-state index is 0.260. The molecule has 3 aromatic rings. The van der Waals surface area contributed by atoms with E-state index in [4.69, 9.17) is 9.47 Å². The van der Waals surface area contributed by atoms with Gasteiger partial charge in [0.25, 0.3) is 5.91 Å². The number of benzene rings is 2. The van der Waals surface area contributed by atoms with Crippen LogP contribution in [0.2, 0.25) is 0 Å². The van der Waals surface area contributed by atoms with Gasteiger partial charge in [-0.1, -0.05) is 6.07 Å². The molecule has 0 bridgehead atoms. The number of halogens is 1. The lowest BCUT2D eigenvalue weighted by molar-refractivity contribution is -0.129. The molecule has 1 heterocycles. The summed E-state index contributed by atoms with van der Waals surface area (Å²) in [5, 5.41) is 7.64. The molecular formula is C25H27FN4O4. The molecule has 0 fully saturated rings. The van der Waals surface area contributed by atoms with E-state index in [1.165, 1.54) is 16.8 Å². The van der Waals surface area contributed by atoms with Crippen LogP contribution in [0.15, 0.2) is 36.4 Å². The van der Waals surface area contributed by atoms with Crippen molar-refractivity contribution < 1.29 is 23.5 Å². The lowest BCUT2D eigenvalue weighted by Crippen LogP contribution is -2.33. The Morgan fingerprint density at radius 2 is 1.82 bits per heavy atom. The van der Waals surface area contributed by atoms with Crippen molar-refractivity contribution in [2.45, 2.75) is 26.7 Å². The van der Waals surface area contributed by atoms with Gasteiger partial charge in [-0.2, -0.15) is 4.68 Å². The Labute approximate surface area is 197 Å². The Bertz CT molecular complexity index is 1250. The molecule has 1 amide bonds. The van der Waals surface area contributed by atoms with E-state index in [0.717, 1.165) is 16.7 Å². The number of hydrogen-bond donors (Lipinski definition) is 1. The van der Waals surface area contributed by atoms with Crippen LogP contribution in [0.4, 0.5) is 15.9 Å². The summed E-state index contributed by atoms with van der Waals surface area (Å²) in [4.78, 5) is 27.5. The van der Waals surface area contributed by atoms with Gasteiger partial charge >= 0.3 is 0 Å². The monoisotopic (exact) mass is 466 g/mol. The van der Waals surface area contributed by atoms with Crippen LogP contribution in [-0.4, -0.2) is 53.8 Å². The fraction of sp³-hybridized carbons (Fsp3) is 0.320. The summed E-state index contributed by atoms with van der Waals surface area (Å²) >= 11 is 0. The van der Waals surface area contributed by atoms with E-state index in [9.17, 15) is 14.0 Å². The maximum Gasteiger partial charge on any atom is 0.256 e. The van der Waals surface area contributed by atoms with Crippen LogP contribution in [0.3, 0.4) is 0 Å². The highest BCUT2D eigenvalue weighted by Crippen LogP contribution is 2.45. The largest absolute Gasteiger partial charge is 0.493 e. The van der Waals surface area contributed by atoms with E-state index in [-0.39, 0.29) is 18.1 Å². The summed E-state index contributed by atoms with van der Waals surface area (Å²) in [6, 6.07) is 9.69. The summed E-state index contributed by atoms with van der Waals surface area (Å²) < 4.78 is 25.9. The van der Waals surface area contributed by atoms with Gasteiger partial charge in [-0.3, -0.25) is 9.59 Å². The van der Waals surface area contributed by atoms with Crippen LogP contribution in [0, 0.1) is 5.82 Å². The third kappa shape index (κ3) is 4.21. The number of fused-ring (bicyclic) bond motifs is 3. The van der Waals surface area contributed by atoms with Gasteiger partial charge < -0.3 is 19.7 Å². The van der Waals surface area contributed by atoms with E-state index in [2.05, 4.69) is 10.4 Å². The average molecular weight is 467 g/mol. The normalized spacial score (nSPS) is 11.6. The molecule has 9 heteroatoms. The van der Waals surface area contributed by atoms with Crippen molar-refractivity contribution >= 4 is 23.3 Å². The van der Waals surface area contributed by atoms with Crippen molar-refractivity contribution in [3.63, 3.8) is 0 Å². The molecule has 0 unspecified atom stereocenters. The van der Waals surface area contributed by atoms with Gasteiger partial charge in [0.15, 0.2) is 17.3 Å². The maximum absolute atomic E-state index is 13.8. The number of nitrogens with zero attached hydrogens (tertiary/aromatic N) is 3. The Balaban J connectivity index is 1.79. The molecule has 1 aliphatic carbocycles. The van der Waals surface area contributed by atoms with E-state index in [1.54, 1.807) is 31.3 Å². The number of hydrogen-bond acceptors (Lipinski definition) is 6. The topological polar surface area (TPSA) is 85.7 Å². The van der Waals surface area contributed by atoms with Crippen molar-refractivity contribution in [2.24, 2.45) is 0 Å². The molecule has 0 aliphatic heterocycles. The van der Waals surface area contributed by atoms with Crippen LogP contribution >= 0.6 is 0 Å². The summed E-state index contributed by atoms with van der Waals surface area (Å²) in [7, 11) is 3.11. The van der Waals surface area contributed by atoms with E-state index < -0.39 is 5.91 Å². The Morgan fingerprint density at radius 1 is 1.12 bits per heavy atom. The SMILES string of the molecule is CCN(CC)C(=O)CC(=O)n1nc(Nc2cccc(F)c2)c2c1-c1cc(OC)c(OC)cc1C2. The lowest BCUT2D eigenvalue weighted by Gasteiger charge is -2.18. The Kier molecular flexibility index (Phi) is 6.54. The first kappa shape index (κ1) is 23.3. The molecule has 1 N–H and O–H groups in total. The molecule has 0 saturated heterocycles.